The topological polar surface area (TPSA) is 103 Å². The van der Waals surface area contributed by atoms with Crippen LogP contribution in [0.3, 0.4) is 0 Å². The van der Waals surface area contributed by atoms with Gasteiger partial charge in [-0.1, -0.05) is 11.8 Å². The lowest BCUT2D eigenvalue weighted by Gasteiger charge is -2.26. The fourth-order valence-corrected chi connectivity index (χ4v) is 4.87. The Hall–Kier alpha value is -1.13. The minimum Gasteiger partial charge on any atom is -0.416 e. The molecule has 8 nitrogen and oxygen atoms in total. The van der Waals surface area contributed by atoms with E-state index in [1.165, 1.54) is 11.8 Å². The van der Waals surface area contributed by atoms with E-state index in [0.717, 1.165) is 0 Å². The average Bonchev–Trinajstić information content (AvgIpc) is 3.12. The molecule has 1 aromatic rings. The number of sulfone groups is 1. The number of amides is 1. The Morgan fingerprint density at radius 1 is 1.32 bits per heavy atom. The van der Waals surface area contributed by atoms with Crippen molar-refractivity contribution in [2.24, 2.45) is 0 Å². The predicted molar refractivity (Wildman–Crippen MR) is 78.4 cm³/mol. The van der Waals surface area contributed by atoms with E-state index in [9.17, 15) is 13.2 Å². The molecule has 0 aromatic carbocycles. The second kappa shape index (κ2) is 6.55. The number of nitrogens with zero attached hydrogens (tertiary/aromatic N) is 3. The van der Waals surface area contributed by atoms with Crippen LogP contribution in [0.25, 0.3) is 0 Å². The number of ether oxygens (including phenoxy) is 1. The molecule has 1 amide bonds. The summed E-state index contributed by atoms with van der Waals surface area (Å²) in [6.45, 7) is 2.34. The average molecular weight is 347 g/mol. The van der Waals surface area contributed by atoms with Gasteiger partial charge in [0.1, 0.15) is 0 Å². The Morgan fingerprint density at radius 3 is 2.77 bits per heavy atom. The number of hydrogen-bond donors (Lipinski definition) is 0. The van der Waals surface area contributed by atoms with E-state index < -0.39 is 9.84 Å². The van der Waals surface area contributed by atoms with Crippen LogP contribution in [0.4, 0.5) is 0 Å². The molecule has 3 heterocycles. The molecular formula is C12H17N3O5S2. The molecule has 0 saturated carbocycles. The lowest BCUT2D eigenvalue weighted by atomic mass is 10.1. The molecule has 10 heteroatoms. The van der Waals surface area contributed by atoms with Crippen molar-refractivity contribution in [1.82, 2.24) is 15.1 Å². The van der Waals surface area contributed by atoms with Crippen LogP contribution >= 0.6 is 11.8 Å². The van der Waals surface area contributed by atoms with Crippen molar-refractivity contribution in [3.63, 3.8) is 0 Å². The molecule has 3 rings (SSSR count). The summed E-state index contributed by atoms with van der Waals surface area (Å²) in [5.74, 6) is 0.593. The summed E-state index contributed by atoms with van der Waals surface area (Å²) in [6.07, 6.45) is 0.515. The van der Waals surface area contributed by atoms with Gasteiger partial charge in [0.2, 0.25) is 11.8 Å². The summed E-state index contributed by atoms with van der Waals surface area (Å²) >= 11 is 1.18. The van der Waals surface area contributed by atoms with Gasteiger partial charge in [0.15, 0.2) is 9.84 Å². The van der Waals surface area contributed by atoms with E-state index in [2.05, 4.69) is 10.2 Å². The Morgan fingerprint density at radius 2 is 2.09 bits per heavy atom. The first-order chi connectivity index (χ1) is 10.5. The van der Waals surface area contributed by atoms with E-state index in [1.54, 1.807) is 4.90 Å². The van der Waals surface area contributed by atoms with Crippen LogP contribution < -0.4 is 0 Å². The Balaban J connectivity index is 1.52. The molecule has 22 heavy (non-hydrogen) atoms. The zero-order chi connectivity index (χ0) is 15.6. The van der Waals surface area contributed by atoms with Crippen LogP contribution in [-0.2, 0) is 19.4 Å². The highest BCUT2D eigenvalue weighted by atomic mass is 32.2. The van der Waals surface area contributed by atoms with E-state index in [-0.39, 0.29) is 29.1 Å². The van der Waals surface area contributed by atoms with E-state index in [0.29, 0.717) is 43.8 Å². The maximum atomic E-state index is 12.0. The minimum absolute atomic E-state index is 0.0106. The normalized spacial score (nSPS) is 24.5. The zero-order valence-corrected chi connectivity index (χ0v) is 13.6. The van der Waals surface area contributed by atoms with Crippen molar-refractivity contribution in [1.29, 1.82) is 0 Å². The first-order valence-electron chi connectivity index (χ1n) is 7.06. The van der Waals surface area contributed by atoms with Gasteiger partial charge >= 0.3 is 0 Å². The van der Waals surface area contributed by atoms with Crippen LogP contribution in [0, 0.1) is 0 Å². The van der Waals surface area contributed by atoms with Gasteiger partial charge in [0.25, 0.3) is 5.22 Å². The zero-order valence-electron chi connectivity index (χ0n) is 11.9. The molecule has 0 N–H and O–H groups in total. The fourth-order valence-electron chi connectivity index (χ4n) is 2.46. The summed E-state index contributed by atoms with van der Waals surface area (Å²) < 4.78 is 33.6. The monoisotopic (exact) mass is 347 g/mol. The van der Waals surface area contributed by atoms with Gasteiger partial charge in [0, 0.05) is 13.1 Å². The number of aromatic nitrogens is 2. The molecule has 1 atom stereocenters. The van der Waals surface area contributed by atoms with Crippen LogP contribution in [0.2, 0.25) is 0 Å². The molecule has 0 unspecified atom stereocenters. The van der Waals surface area contributed by atoms with Crippen molar-refractivity contribution in [3.8, 4) is 0 Å². The van der Waals surface area contributed by atoms with E-state index in [1.807, 2.05) is 0 Å². The number of carbonyl (C=O) groups is 1. The largest absolute Gasteiger partial charge is 0.416 e. The summed E-state index contributed by atoms with van der Waals surface area (Å²) in [7, 11) is -2.98. The van der Waals surface area contributed by atoms with Gasteiger partial charge in [-0.3, -0.25) is 4.79 Å². The highest BCUT2D eigenvalue weighted by Crippen LogP contribution is 2.29. The molecule has 2 aliphatic rings. The lowest BCUT2D eigenvalue weighted by Crippen LogP contribution is -2.41. The number of morpholine rings is 1. The summed E-state index contributed by atoms with van der Waals surface area (Å²) in [5.41, 5.74) is 0. The molecule has 0 bridgehead atoms. The first kappa shape index (κ1) is 15.8. The van der Waals surface area contributed by atoms with Crippen molar-refractivity contribution in [2.75, 3.05) is 43.6 Å². The second-order valence-corrected chi connectivity index (χ2v) is 8.44. The van der Waals surface area contributed by atoms with Crippen LogP contribution in [0.5, 0.6) is 0 Å². The summed E-state index contributed by atoms with van der Waals surface area (Å²) in [5, 5.41) is 8.10. The Labute approximate surface area is 132 Å². The van der Waals surface area contributed by atoms with Gasteiger partial charge < -0.3 is 14.1 Å². The van der Waals surface area contributed by atoms with Crippen molar-refractivity contribution < 1.29 is 22.4 Å². The van der Waals surface area contributed by atoms with Crippen molar-refractivity contribution in [3.05, 3.63) is 5.89 Å². The van der Waals surface area contributed by atoms with Gasteiger partial charge in [-0.15, -0.1) is 10.2 Å². The number of thioether (sulfide) groups is 1. The number of rotatable bonds is 4. The first-order valence-corrected chi connectivity index (χ1v) is 9.86. The lowest BCUT2D eigenvalue weighted by molar-refractivity contribution is -0.132. The molecule has 2 saturated heterocycles. The Bertz CT molecular complexity index is 639. The number of hydrogen-bond acceptors (Lipinski definition) is 8. The van der Waals surface area contributed by atoms with Crippen LogP contribution in [-0.4, -0.2) is 73.0 Å². The predicted octanol–water partition coefficient (Wildman–Crippen LogP) is -0.0774. The van der Waals surface area contributed by atoms with E-state index >= 15 is 0 Å². The third-order valence-corrected chi connectivity index (χ3v) is 6.26. The third-order valence-electron chi connectivity index (χ3n) is 3.69. The summed E-state index contributed by atoms with van der Waals surface area (Å²) in [4.78, 5) is 13.7. The number of carbonyl (C=O) groups excluding carboxylic acids is 1. The quantitative estimate of drug-likeness (QED) is 0.697. The second-order valence-electron chi connectivity index (χ2n) is 5.29. The van der Waals surface area contributed by atoms with Gasteiger partial charge in [-0.2, -0.15) is 0 Å². The molecule has 1 aromatic heterocycles. The maximum Gasteiger partial charge on any atom is 0.277 e. The van der Waals surface area contributed by atoms with Gasteiger partial charge in [-0.25, -0.2) is 8.42 Å². The molecule has 122 valence electrons. The van der Waals surface area contributed by atoms with Gasteiger partial charge in [-0.05, 0) is 6.42 Å². The molecule has 0 spiro atoms. The Kier molecular flexibility index (Phi) is 4.69. The maximum absolute atomic E-state index is 12.0. The van der Waals surface area contributed by atoms with E-state index in [4.69, 9.17) is 9.15 Å². The highest BCUT2D eigenvalue weighted by Gasteiger charge is 2.32. The molecule has 0 radical (unpaired) electrons. The van der Waals surface area contributed by atoms with Crippen molar-refractivity contribution in [2.45, 2.75) is 17.6 Å². The third kappa shape index (κ3) is 3.79. The highest BCUT2D eigenvalue weighted by molar-refractivity contribution is 7.99. The molecule has 0 aliphatic carbocycles. The SMILES string of the molecule is O=C(CSc1nnc([C@H]2CCS(=O)(=O)C2)o1)N1CCOCC1. The standard InChI is InChI=1S/C12H17N3O5S2/c16-10(15-2-4-19-5-3-15)7-21-12-14-13-11(20-12)9-1-6-22(17,18)8-9/h9H,1-8H2/t9-/m0/s1. The molecular weight excluding hydrogens is 330 g/mol. The molecule has 2 fully saturated rings. The van der Waals surface area contributed by atoms with Crippen molar-refractivity contribution >= 4 is 27.5 Å². The smallest absolute Gasteiger partial charge is 0.277 e. The fraction of sp³-hybridized carbons (Fsp3) is 0.750. The minimum atomic E-state index is -2.98. The molecule has 2 aliphatic heterocycles. The van der Waals surface area contributed by atoms with Gasteiger partial charge in [0.05, 0.1) is 36.4 Å². The van der Waals surface area contributed by atoms with Crippen LogP contribution in [0.1, 0.15) is 18.2 Å². The summed E-state index contributed by atoms with van der Waals surface area (Å²) in [6, 6.07) is 0. The van der Waals surface area contributed by atoms with Crippen LogP contribution in [0.15, 0.2) is 9.64 Å².